The molecule has 0 aliphatic heterocycles. The van der Waals surface area contributed by atoms with Gasteiger partial charge in [-0.2, -0.15) is 15.6 Å². The number of sulfonamides is 1. The molecule has 3 N–H and O–H groups in total. The average Bonchev–Trinajstić information content (AvgIpc) is 2.91. The van der Waals surface area contributed by atoms with Crippen molar-refractivity contribution >= 4 is 27.2 Å². The maximum absolute atomic E-state index is 12.4. The molecule has 8 heteroatoms. The minimum atomic E-state index is -3.62. The molecule has 0 spiro atoms. The second-order valence-electron chi connectivity index (χ2n) is 3.89. The van der Waals surface area contributed by atoms with Crippen LogP contribution in [0.2, 0.25) is 0 Å². The van der Waals surface area contributed by atoms with Gasteiger partial charge in [0.15, 0.2) is 5.82 Å². The summed E-state index contributed by atoms with van der Waals surface area (Å²) in [4.78, 5) is 3.97. The van der Waals surface area contributed by atoms with Crippen molar-refractivity contribution < 1.29 is 8.42 Å². The van der Waals surface area contributed by atoms with Crippen molar-refractivity contribution in [3.05, 3.63) is 40.7 Å². The van der Waals surface area contributed by atoms with Crippen molar-refractivity contribution in [3.8, 4) is 0 Å². The molecule has 0 fully saturated rings. The molecule has 6 nitrogen and oxygen atoms in total. The molecule has 0 amide bonds. The Morgan fingerprint density at radius 2 is 2.26 bits per heavy atom. The lowest BCUT2D eigenvalue weighted by molar-refractivity contribution is 0.467. The molecule has 2 aromatic heterocycles. The summed E-state index contributed by atoms with van der Waals surface area (Å²) < 4.78 is 26.1. The summed E-state index contributed by atoms with van der Waals surface area (Å²) in [5, 5.41) is 3.82. The van der Waals surface area contributed by atoms with Gasteiger partial charge in [0.1, 0.15) is 4.90 Å². The van der Waals surface area contributed by atoms with Gasteiger partial charge in [0.05, 0.1) is 0 Å². The molecule has 0 aromatic carbocycles. The summed E-state index contributed by atoms with van der Waals surface area (Å²) in [5.74, 6) is 5.43. The Balaban J connectivity index is 2.31. The zero-order valence-corrected chi connectivity index (χ0v) is 11.9. The van der Waals surface area contributed by atoms with E-state index in [2.05, 4.69) is 10.4 Å². The summed E-state index contributed by atoms with van der Waals surface area (Å²) in [5.41, 5.74) is 3.25. The Bertz CT molecular complexity index is 640. The third kappa shape index (κ3) is 2.92. The SMILES string of the molecule is CN(Cc1ccsc1)S(=O)(=O)c1cccnc1NN. The summed E-state index contributed by atoms with van der Waals surface area (Å²) in [6, 6.07) is 4.93. The Morgan fingerprint density at radius 1 is 1.47 bits per heavy atom. The number of anilines is 1. The minimum absolute atomic E-state index is 0.0650. The van der Waals surface area contributed by atoms with Crippen molar-refractivity contribution in [2.75, 3.05) is 12.5 Å². The molecular formula is C11H14N4O2S2. The summed E-state index contributed by atoms with van der Waals surface area (Å²) in [7, 11) is -2.10. The fourth-order valence-electron chi connectivity index (χ4n) is 1.60. The van der Waals surface area contributed by atoms with Crippen LogP contribution in [-0.4, -0.2) is 24.8 Å². The van der Waals surface area contributed by atoms with Crippen molar-refractivity contribution in [1.29, 1.82) is 0 Å². The number of nitrogen functional groups attached to an aromatic ring is 1. The number of hydrazine groups is 1. The molecule has 19 heavy (non-hydrogen) atoms. The first-order valence-electron chi connectivity index (χ1n) is 5.44. The van der Waals surface area contributed by atoms with E-state index in [0.29, 0.717) is 6.54 Å². The summed E-state index contributed by atoms with van der Waals surface area (Å²) in [6.45, 7) is 0.310. The average molecular weight is 298 g/mol. The zero-order valence-electron chi connectivity index (χ0n) is 10.3. The van der Waals surface area contributed by atoms with Crippen LogP contribution >= 0.6 is 11.3 Å². The predicted molar refractivity (Wildman–Crippen MR) is 75.0 cm³/mol. The Hall–Kier alpha value is -1.48. The van der Waals surface area contributed by atoms with E-state index in [1.807, 2.05) is 16.8 Å². The Morgan fingerprint density at radius 3 is 2.89 bits per heavy atom. The van der Waals surface area contributed by atoms with Crippen LogP contribution < -0.4 is 11.3 Å². The largest absolute Gasteiger partial charge is 0.307 e. The van der Waals surface area contributed by atoms with Gasteiger partial charge < -0.3 is 5.43 Å². The monoisotopic (exact) mass is 298 g/mol. The lowest BCUT2D eigenvalue weighted by Crippen LogP contribution is -2.28. The highest BCUT2D eigenvalue weighted by Crippen LogP contribution is 2.22. The lowest BCUT2D eigenvalue weighted by atomic mass is 10.3. The molecule has 0 saturated carbocycles. The van der Waals surface area contributed by atoms with Crippen LogP contribution in [0.4, 0.5) is 5.82 Å². The second kappa shape index (κ2) is 5.66. The number of rotatable bonds is 5. The highest BCUT2D eigenvalue weighted by Gasteiger charge is 2.24. The third-order valence-corrected chi connectivity index (χ3v) is 5.15. The first kappa shape index (κ1) is 13.9. The van der Waals surface area contributed by atoms with Crippen LogP contribution in [0.25, 0.3) is 0 Å². The van der Waals surface area contributed by atoms with E-state index in [9.17, 15) is 8.42 Å². The zero-order chi connectivity index (χ0) is 13.9. The van der Waals surface area contributed by atoms with Crippen LogP contribution in [-0.2, 0) is 16.6 Å². The fourth-order valence-corrected chi connectivity index (χ4v) is 3.52. The molecule has 0 radical (unpaired) electrons. The van der Waals surface area contributed by atoms with Crippen LogP contribution in [0.5, 0.6) is 0 Å². The highest BCUT2D eigenvalue weighted by atomic mass is 32.2. The molecule has 2 aromatic rings. The van der Waals surface area contributed by atoms with Gasteiger partial charge in [0.25, 0.3) is 0 Å². The van der Waals surface area contributed by atoms with E-state index in [-0.39, 0.29) is 10.7 Å². The van der Waals surface area contributed by atoms with E-state index in [1.165, 1.54) is 35.0 Å². The van der Waals surface area contributed by atoms with E-state index in [4.69, 9.17) is 5.84 Å². The first-order valence-corrected chi connectivity index (χ1v) is 7.83. The van der Waals surface area contributed by atoms with Crippen LogP contribution in [0.15, 0.2) is 40.1 Å². The Kier molecular flexibility index (Phi) is 4.15. The smallest absolute Gasteiger partial charge is 0.246 e. The number of nitrogens with zero attached hydrogens (tertiary/aromatic N) is 2. The van der Waals surface area contributed by atoms with Crippen molar-refractivity contribution in [2.24, 2.45) is 5.84 Å². The lowest BCUT2D eigenvalue weighted by Gasteiger charge is -2.18. The van der Waals surface area contributed by atoms with Crippen molar-refractivity contribution in [3.63, 3.8) is 0 Å². The maximum Gasteiger partial charge on any atom is 0.246 e. The van der Waals surface area contributed by atoms with Gasteiger partial charge in [-0.25, -0.2) is 19.2 Å². The van der Waals surface area contributed by atoms with E-state index >= 15 is 0 Å². The second-order valence-corrected chi connectivity index (χ2v) is 6.68. The molecule has 0 atom stereocenters. The van der Waals surface area contributed by atoms with Crippen molar-refractivity contribution in [1.82, 2.24) is 9.29 Å². The van der Waals surface area contributed by atoms with Crippen LogP contribution in [0, 0.1) is 0 Å². The highest BCUT2D eigenvalue weighted by molar-refractivity contribution is 7.89. The topological polar surface area (TPSA) is 88.3 Å². The van der Waals surface area contributed by atoms with Gasteiger partial charge in [-0.05, 0) is 34.5 Å². The molecule has 2 heterocycles. The van der Waals surface area contributed by atoms with Crippen molar-refractivity contribution in [2.45, 2.75) is 11.4 Å². The number of nitrogens with two attached hydrogens (primary N) is 1. The van der Waals surface area contributed by atoms with E-state index in [1.54, 1.807) is 6.07 Å². The van der Waals surface area contributed by atoms with Gasteiger partial charge >= 0.3 is 0 Å². The Labute approximate surface area is 115 Å². The maximum atomic E-state index is 12.4. The fraction of sp³-hybridized carbons (Fsp3) is 0.182. The normalized spacial score (nSPS) is 11.7. The summed E-state index contributed by atoms with van der Waals surface area (Å²) >= 11 is 1.53. The van der Waals surface area contributed by atoms with E-state index in [0.717, 1.165) is 5.56 Å². The quantitative estimate of drug-likeness (QED) is 0.640. The number of pyridine rings is 1. The number of hydrogen-bond donors (Lipinski definition) is 2. The molecule has 0 aliphatic rings. The van der Waals surface area contributed by atoms with Gasteiger partial charge in [-0.15, -0.1) is 0 Å². The molecule has 0 bridgehead atoms. The van der Waals surface area contributed by atoms with Gasteiger partial charge in [-0.3, -0.25) is 0 Å². The molecule has 0 saturated heterocycles. The van der Waals surface area contributed by atoms with Gasteiger partial charge in [0.2, 0.25) is 10.0 Å². The molecule has 102 valence electrons. The van der Waals surface area contributed by atoms with E-state index < -0.39 is 10.0 Å². The predicted octanol–water partition coefficient (Wildman–Crippen LogP) is 1.25. The first-order chi connectivity index (χ1) is 9.05. The summed E-state index contributed by atoms with van der Waals surface area (Å²) in [6.07, 6.45) is 1.48. The number of thiophene rings is 1. The van der Waals surface area contributed by atoms with Crippen LogP contribution in [0.1, 0.15) is 5.56 Å². The molecule has 2 rings (SSSR count). The molecule has 0 aliphatic carbocycles. The van der Waals surface area contributed by atoms with Gasteiger partial charge in [-0.1, -0.05) is 0 Å². The molecular weight excluding hydrogens is 284 g/mol. The third-order valence-electron chi connectivity index (χ3n) is 2.58. The number of nitrogens with one attached hydrogen (secondary N) is 1. The molecule has 0 unspecified atom stereocenters. The number of hydrogen-bond acceptors (Lipinski definition) is 6. The standard InChI is InChI=1S/C11H14N4O2S2/c1-15(7-9-4-6-18-8-9)19(16,17)10-3-2-5-13-11(10)14-12/h2-6,8H,7,12H2,1H3,(H,13,14). The number of aromatic nitrogens is 1. The minimum Gasteiger partial charge on any atom is -0.307 e. The van der Waals surface area contributed by atoms with Crippen LogP contribution in [0.3, 0.4) is 0 Å². The van der Waals surface area contributed by atoms with Gasteiger partial charge in [0, 0.05) is 19.8 Å².